The Balaban J connectivity index is 1.71. The third kappa shape index (κ3) is 4.22. The lowest BCUT2D eigenvalue weighted by Gasteiger charge is -2.34. The summed E-state index contributed by atoms with van der Waals surface area (Å²) < 4.78 is 5.83. The highest BCUT2D eigenvalue weighted by atomic mass is 35.5. The molecule has 0 bridgehead atoms. The summed E-state index contributed by atoms with van der Waals surface area (Å²) in [5.74, 6) is 0.628. The van der Waals surface area contributed by atoms with E-state index in [2.05, 4.69) is 17.2 Å². The minimum atomic E-state index is 0.0250. The fraction of sp³-hybridized carbons (Fsp3) is 0.474. The summed E-state index contributed by atoms with van der Waals surface area (Å²) in [5.41, 5.74) is 0.687. The predicted octanol–water partition coefficient (Wildman–Crippen LogP) is 3.26. The van der Waals surface area contributed by atoms with Crippen molar-refractivity contribution in [2.24, 2.45) is 0 Å². The highest BCUT2D eigenvalue weighted by molar-refractivity contribution is 6.35. The Hall–Kier alpha value is -1.85. The molecule has 1 aromatic heterocycles. The molecular weight excluding hydrogens is 338 g/mol. The second-order valence-electron chi connectivity index (χ2n) is 6.30. The van der Waals surface area contributed by atoms with Gasteiger partial charge in [-0.25, -0.2) is 0 Å². The fourth-order valence-electron chi connectivity index (χ4n) is 3.32. The van der Waals surface area contributed by atoms with E-state index in [9.17, 15) is 4.79 Å². The van der Waals surface area contributed by atoms with Gasteiger partial charge >= 0.3 is 0 Å². The molecule has 0 spiro atoms. The van der Waals surface area contributed by atoms with E-state index in [0.717, 1.165) is 44.3 Å². The van der Waals surface area contributed by atoms with Gasteiger partial charge in [-0.3, -0.25) is 9.78 Å². The normalized spacial score (nSPS) is 15.3. The fourth-order valence-corrected chi connectivity index (χ4v) is 3.54. The number of rotatable bonds is 6. The van der Waals surface area contributed by atoms with Crippen molar-refractivity contribution >= 4 is 28.4 Å². The van der Waals surface area contributed by atoms with Gasteiger partial charge in [-0.1, -0.05) is 18.5 Å². The molecular formula is C19H24ClN3O2. The molecule has 1 aliphatic rings. The lowest BCUT2D eigenvalue weighted by Crippen LogP contribution is -2.48. The SMILES string of the molecule is CCCN(C(=O)COc1ccc(Cl)c2cccnc12)C1CCNCC1. The Kier molecular flexibility index (Phi) is 6.10. The summed E-state index contributed by atoms with van der Waals surface area (Å²) in [4.78, 5) is 19.1. The van der Waals surface area contributed by atoms with Crippen LogP contribution in [-0.4, -0.2) is 48.1 Å². The third-order valence-electron chi connectivity index (χ3n) is 4.56. The molecule has 0 saturated carbocycles. The molecule has 0 atom stereocenters. The summed E-state index contributed by atoms with van der Waals surface area (Å²) in [5, 5.41) is 4.80. The largest absolute Gasteiger partial charge is 0.481 e. The third-order valence-corrected chi connectivity index (χ3v) is 4.89. The number of pyridine rings is 1. The summed E-state index contributed by atoms with van der Waals surface area (Å²) in [6, 6.07) is 7.60. The molecule has 1 fully saturated rings. The zero-order valence-corrected chi connectivity index (χ0v) is 15.3. The average Bonchev–Trinajstić information content (AvgIpc) is 2.66. The number of fused-ring (bicyclic) bond motifs is 1. The Bertz CT molecular complexity index is 732. The van der Waals surface area contributed by atoms with Crippen LogP contribution in [0.3, 0.4) is 0 Å². The monoisotopic (exact) mass is 361 g/mol. The number of piperidine rings is 1. The molecule has 3 rings (SSSR count). The van der Waals surface area contributed by atoms with E-state index >= 15 is 0 Å². The van der Waals surface area contributed by atoms with E-state index in [4.69, 9.17) is 16.3 Å². The number of amides is 1. The van der Waals surface area contributed by atoms with Crippen LogP contribution in [0.1, 0.15) is 26.2 Å². The zero-order chi connectivity index (χ0) is 17.6. The molecule has 0 unspecified atom stereocenters. The molecule has 134 valence electrons. The van der Waals surface area contributed by atoms with Crippen LogP contribution in [0.4, 0.5) is 0 Å². The molecule has 1 saturated heterocycles. The van der Waals surface area contributed by atoms with Gasteiger partial charge in [0.1, 0.15) is 11.3 Å². The Morgan fingerprint density at radius 3 is 2.92 bits per heavy atom. The van der Waals surface area contributed by atoms with Crippen molar-refractivity contribution in [3.05, 3.63) is 35.5 Å². The van der Waals surface area contributed by atoms with E-state index < -0.39 is 0 Å². The number of nitrogens with zero attached hydrogens (tertiary/aromatic N) is 2. The number of aromatic nitrogens is 1. The van der Waals surface area contributed by atoms with E-state index in [0.29, 0.717) is 22.3 Å². The van der Waals surface area contributed by atoms with Crippen LogP contribution in [-0.2, 0) is 4.79 Å². The standard InChI is InChI=1S/C19H24ClN3O2/c1-2-12-23(14-7-10-21-11-8-14)18(24)13-25-17-6-5-16(20)15-4-3-9-22-19(15)17/h3-6,9,14,21H,2,7-8,10-13H2,1H3. The summed E-state index contributed by atoms with van der Waals surface area (Å²) >= 11 is 6.21. The second-order valence-corrected chi connectivity index (χ2v) is 6.71. The highest BCUT2D eigenvalue weighted by Crippen LogP contribution is 2.29. The number of halogens is 1. The topological polar surface area (TPSA) is 54.5 Å². The summed E-state index contributed by atoms with van der Waals surface area (Å²) in [6.45, 7) is 4.82. The number of hydrogen-bond acceptors (Lipinski definition) is 4. The lowest BCUT2D eigenvalue weighted by atomic mass is 10.0. The summed E-state index contributed by atoms with van der Waals surface area (Å²) in [7, 11) is 0. The van der Waals surface area contributed by atoms with E-state index in [1.54, 1.807) is 18.3 Å². The summed E-state index contributed by atoms with van der Waals surface area (Å²) in [6.07, 6.45) is 4.64. The first-order valence-electron chi connectivity index (χ1n) is 8.87. The number of carbonyl (C=O) groups is 1. The van der Waals surface area contributed by atoms with Crippen LogP contribution in [0.2, 0.25) is 5.02 Å². The average molecular weight is 362 g/mol. The van der Waals surface area contributed by atoms with Gasteiger partial charge in [-0.15, -0.1) is 0 Å². The minimum absolute atomic E-state index is 0.0250. The van der Waals surface area contributed by atoms with Crippen LogP contribution in [0, 0.1) is 0 Å². The minimum Gasteiger partial charge on any atom is -0.481 e. The molecule has 2 heterocycles. The lowest BCUT2D eigenvalue weighted by molar-refractivity contribution is -0.136. The molecule has 0 aliphatic carbocycles. The Morgan fingerprint density at radius 1 is 1.36 bits per heavy atom. The molecule has 1 amide bonds. The van der Waals surface area contributed by atoms with Crippen LogP contribution >= 0.6 is 11.6 Å². The van der Waals surface area contributed by atoms with Gasteiger partial charge in [0.05, 0.1) is 5.02 Å². The number of nitrogens with one attached hydrogen (secondary N) is 1. The highest BCUT2D eigenvalue weighted by Gasteiger charge is 2.25. The van der Waals surface area contributed by atoms with Gasteiger partial charge in [0.2, 0.25) is 0 Å². The maximum atomic E-state index is 12.7. The smallest absolute Gasteiger partial charge is 0.260 e. The number of ether oxygens (including phenoxy) is 1. The van der Waals surface area contributed by atoms with Crippen LogP contribution in [0.5, 0.6) is 5.75 Å². The van der Waals surface area contributed by atoms with Crippen molar-refractivity contribution in [1.29, 1.82) is 0 Å². The first kappa shape index (κ1) is 18.0. The van der Waals surface area contributed by atoms with Gasteiger partial charge in [-0.2, -0.15) is 0 Å². The second kappa shape index (κ2) is 8.50. The van der Waals surface area contributed by atoms with Crippen molar-refractivity contribution in [3.8, 4) is 5.75 Å². The molecule has 6 heteroatoms. The molecule has 1 N–H and O–H groups in total. The van der Waals surface area contributed by atoms with E-state index in [-0.39, 0.29) is 12.5 Å². The predicted molar refractivity (Wildman–Crippen MR) is 100 cm³/mol. The quantitative estimate of drug-likeness (QED) is 0.858. The van der Waals surface area contributed by atoms with Crippen molar-refractivity contribution < 1.29 is 9.53 Å². The Labute approximate surface area is 153 Å². The zero-order valence-electron chi connectivity index (χ0n) is 14.5. The van der Waals surface area contributed by atoms with E-state index in [1.165, 1.54) is 0 Å². The molecule has 0 radical (unpaired) electrons. The first-order chi connectivity index (χ1) is 12.2. The van der Waals surface area contributed by atoms with Gasteiger partial charge in [0, 0.05) is 24.2 Å². The van der Waals surface area contributed by atoms with Gasteiger partial charge < -0.3 is 15.0 Å². The van der Waals surface area contributed by atoms with Crippen LogP contribution in [0.25, 0.3) is 10.9 Å². The number of carbonyl (C=O) groups excluding carboxylic acids is 1. The van der Waals surface area contributed by atoms with Gasteiger partial charge in [0.15, 0.2) is 6.61 Å². The molecule has 1 aromatic carbocycles. The number of hydrogen-bond donors (Lipinski definition) is 1. The number of benzene rings is 1. The maximum Gasteiger partial charge on any atom is 0.260 e. The molecule has 5 nitrogen and oxygen atoms in total. The maximum absolute atomic E-state index is 12.7. The van der Waals surface area contributed by atoms with Crippen LogP contribution < -0.4 is 10.1 Å². The molecule has 2 aromatic rings. The Morgan fingerprint density at radius 2 is 2.16 bits per heavy atom. The van der Waals surface area contributed by atoms with Crippen LogP contribution in [0.15, 0.2) is 30.5 Å². The first-order valence-corrected chi connectivity index (χ1v) is 9.24. The van der Waals surface area contributed by atoms with Crippen molar-refractivity contribution in [2.45, 2.75) is 32.2 Å². The molecule has 25 heavy (non-hydrogen) atoms. The van der Waals surface area contributed by atoms with Crippen molar-refractivity contribution in [2.75, 3.05) is 26.2 Å². The van der Waals surface area contributed by atoms with Crippen molar-refractivity contribution in [1.82, 2.24) is 15.2 Å². The van der Waals surface area contributed by atoms with Gasteiger partial charge in [-0.05, 0) is 56.6 Å². The van der Waals surface area contributed by atoms with Gasteiger partial charge in [0.25, 0.3) is 5.91 Å². The van der Waals surface area contributed by atoms with Crippen molar-refractivity contribution in [3.63, 3.8) is 0 Å². The van der Waals surface area contributed by atoms with E-state index in [1.807, 2.05) is 17.0 Å². The molecule has 1 aliphatic heterocycles.